The molecular formula is C13H25NO8S2. The van der Waals surface area contributed by atoms with Gasteiger partial charge in [-0.25, -0.2) is 22.8 Å². The van der Waals surface area contributed by atoms with Gasteiger partial charge in [-0.1, -0.05) is 0 Å². The standard InChI is InChI=1S/C13H25NO8S2/c1-5-19-12(15)9-20-13(16)11(4)14-24(17,18)8-6-7-23-22-21-10(2)3/h10-11,14H,5-9H2,1-4H3. The van der Waals surface area contributed by atoms with E-state index in [-0.39, 0.29) is 18.5 Å². The summed E-state index contributed by atoms with van der Waals surface area (Å²) in [6, 6.07) is -1.10. The van der Waals surface area contributed by atoms with Gasteiger partial charge in [0, 0.05) is 17.8 Å². The molecule has 11 heteroatoms. The van der Waals surface area contributed by atoms with Gasteiger partial charge in [0.15, 0.2) is 6.61 Å². The largest absolute Gasteiger partial charge is 0.463 e. The molecule has 0 aromatic rings. The van der Waals surface area contributed by atoms with E-state index in [9.17, 15) is 18.0 Å². The molecule has 1 unspecified atom stereocenters. The summed E-state index contributed by atoms with van der Waals surface area (Å²) < 4.78 is 39.9. The first-order valence-electron chi connectivity index (χ1n) is 7.45. The summed E-state index contributed by atoms with van der Waals surface area (Å²) in [6.45, 7) is 6.17. The lowest BCUT2D eigenvalue weighted by molar-refractivity contribution is -0.220. The summed E-state index contributed by atoms with van der Waals surface area (Å²) in [6.07, 6.45) is 0.232. The number of sulfonamides is 1. The molecule has 142 valence electrons. The average Bonchev–Trinajstić information content (AvgIpc) is 2.47. The minimum absolute atomic E-state index is 0.0793. The Morgan fingerprint density at radius 1 is 1.17 bits per heavy atom. The lowest BCUT2D eigenvalue weighted by atomic mass is 10.4. The number of hydrogen-bond donors (Lipinski definition) is 1. The van der Waals surface area contributed by atoms with Gasteiger partial charge in [0.25, 0.3) is 0 Å². The normalized spacial score (nSPS) is 12.9. The van der Waals surface area contributed by atoms with Crippen LogP contribution in [0.1, 0.15) is 34.1 Å². The van der Waals surface area contributed by atoms with Crippen LogP contribution in [0, 0.1) is 0 Å². The molecule has 0 aliphatic rings. The first-order valence-corrected chi connectivity index (χ1v) is 10.0. The van der Waals surface area contributed by atoms with Crippen molar-refractivity contribution in [3.05, 3.63) is 0 Å². The maximum atomic E-state index is 11.8. The Morgan fingerprint density at radius 2 is 1.83 bits per heavy atom. The van der Waals surface area contributed by atoms with Crippen LogP contribution in [0.25, 0.3) is 0 Å². The van der Waals surface area contributed by atoms with Crippen molar-refractivity contribution in [1.29, 1.82) is 0 Å². The van der Waals surface area contributed by atoms with Crippen LogP contribution in [0.15, 0.2) is 0 Å². The molecule has 0 saturated carbocycles. The van der Waals surface area contributed by atoms with E-state index in [1.807, 2.05) is 0 Å². The van der Waals surface area contributed by atoms with Crippen LogP contribution in [0.5, 0.6) is 0 Å². The highest BCUT2D eigenvalue weighted by atomic mass is 32.2. The molecule has 0 spiro atoms. The van der Waals surface area contributed by atoms with Gasteiger partial charge in [-0.15, -0.1) is 0 Å². The van der Waals surface area contributed by atoms with Crippen molar-refractivity contribution in [2.75, 3.05) is 24.7 Å². The Balaban J connectivity index is 4.02. The average molecular weight is 387 g/mol. The minimum atomic E-state index is -3.65. The first-order chi connectivity index (χ1) is 11.2. The third-order valence-corrected chi connectivity index (χ3v) is 4.44. The zero-order valence-corrected chi connectivity index (χ0v) is 15.9. The second-order valence-electron chi connectivity index (χ2n) is 4.96. The maximum Gasteiger partial charge on any atom is 0.344 e. The van der Waals surface area contributed by atoms with Crippen LogP contribution in [0.4, 0.5) is 0 Å². The molecule has 0 saturated heterocycles. The molecule has 0 aliphatic heterocycles. The van der Waals surface area contributed by atoms with E-state index in [1.165, 1.54) is 6.92 Å². The first kappa shape index (κ1) is 23.1. The smallest absolute Gasteiger partial charge is 0.344 e. The topological polar surface area (TPSA) is 117 Å². The van der Waals surface area contributed by atoms with Crippen molar-refractivity contribution in [3.63, 3.8) is 0 Å². The van der Waals surface area contributed by atoms with E-state index < -0.39 is 34.6 Å². The number of hydrogen-bond acceptors (Lipinski definition) is 9. The fourth-order valence-corrected chi connectivity index (χ4v) is 3.29. The Hall–Kier alpha value is -0.880. The molecule has 0 aromatic carbocycles. The van der Waals surface area contributed by atoms with E-state index >= 15 is 0 Å². The van der Waals surface area contributed by atoms with Crippen molar-refractivity contribution < 1.29 is 36.7 Å². The Bertz CT molecular complexity index is 480. The molecule has 1 atom stereocenters. The van der Waals surface area contributed by atoms with Crippen LogP contribution >= 0.6 is 12.0 Å². The third-order valence-electron chi connectivity index (χ3n) is 2.27. The second-order valence-corrected chi connectivity index (χ2v) is 7.61. The van der Waals surface area contributed by atoms with Crippen molar-refractivity contribution in [2.24, 2.45) is 0 Å². The predicted molar refractivity (Wildman–Crippen MR) is 88.4 cm³/mol. The monoisotopic (exact) mass is 387 g/mol. The van der Waals surface area contributed by atoms with Crippen LogP contribution in [-0.2, 0) is 38.3 Å². The van der Waals surface area contributed by atoms with Gasteiger partial charge in [0.05, 0.1) is 18.5 Å². The fraction of sp³-hybridized carbons (Fsp3) is 0.846. The van der Waals surface area contributed by atoms with E-state index in [2.05, 4.69) is 14.2 Å². The van der Waals surface area contributed by atoms with E-state index in [0.29, 0.717) is 12.2 Å². The fourth-order valence-electron chi connectivity index (χ4n) is 1.28. The summed E-state index contributed by atoms with van der Waals surface area (Å²) in [5.41, 5.74) is 0. The van der Waals surface area contributed by atoms with Gasteiger partial charge in [0.1, 0.15) is 6.04 Å². The molecule has 9 nitrogen and oxygen atoms in total. The summed E-state index contributed by atoms with van der Waals surface area (Å²) in [4.78, 5) is 27.5. The lowest BCUT2D eigenvalue weighted by Crippen LogP contribution is -2.41. The van der Waals surface area contributed by atoms with Gasteiger partial charge >= 0.3 is 11.9 Å². The van der Waals surface area contributed by atoms with Gasteiger partial charge in [-0.3, -0.25) is 4.79 Å². The van der Waals surface area contributed by atoms with E-state index in [4.69, 9.17) is 9.22 Å². The van der Waals surface area contributed by atoms with Crippen molar-refractivity contribution in [1.82, 2.24) is 4.72 Å². The third kappa shape index (κ3) is 12.5. The Morgan fingerprint density at radius 3 is 2.42 bits per heavy atom. The summed E-state index contributed by atoms with van der Waals surface area (Å²) in [5.74, 6) is -1.31. The number of carbonyl (C=O) groups excluding carboxylic acids is 2. The molecule has 0 aromatic heterocycles. The SMILES string of the molecule is CCOC(=O)COC(=O)C(C)NS(=O)(=O)CCCSOOC(C)C. The van der Waals surface area contributed by atoms with Crippen molar-refractivity contribution in [3.8, 4) is 0 Å². The van der Waals surface area contributed by atoms with E-state index in [1.54, 1.807) is 20.8 Å². The number of esters is 2. The molecule has 0 heterocycles. The highest BCUT2D eigenvalue weighted by Crippen LogP contribution is 2.08. The maximum absolute atomic E-state index is 11.8. The molecule has 0 radical (unpaired) electrons. The number of rotatable bonds is 13. The molecule has 0 aliphatic carbocycles. The van der Waals surface area contributed by atoms with Gasteiger partial charge in [-0.2, -0.15) is 4.33 Å². The molecule has 1 N–H and O–H groups in total. The second kappa shape index (κ2) is 12.5. The zero-order chi connectivity index (χ0) is 18.6. The highest BCUT2D eigenvalue weighted by molar-refractivity contribution is 7.94. The van der Waals surface area contributed by atoms with Crippen LogP contribution < -0.4 is 4.72 Å². The zero-order valence-electron chi connectivity index (χ0n) is 14.3. The Kier molecular flexibility index (Phi) is 12.0. The molecule has 0 fully saturated rings. The van der Waals surface area contributed by atoms with E-state index in [0.717, 1.165) is 12.0 Å². The number of ether oxygens (including phenoxy) is 2. The van der Waals surface area contributed by atoms with Gasteiger partial charge < -0.3 is 9.47 Å². The molecule has 24 heavy (non-hydrogen) atoms. The quantitative estimate of drug-likeness (QED) is 0.161. The highest BCUT2D eigenvalue weighted by Gasteiger charge is 2.22. The summed E-state index contributed by atoms with van der Waals surface area (Å²) >= 11 is 1.01. The minimum Gasteiger partial charge on any atom is -0.463 e. The summed E-state index contributed by atoms with van der Waals surface area (Å²) in [5, 5.41) is 0. The van der Waals surface area contributed by atoms with Crippen molar-refractivity contribution in [2.45, 2.75) is 46.3 Å². The molecule has 0 rings (SSSR count). The van der Waals surface area contributed by atoms with Gasteiger partial charge in [0.2, 0.25) is 10.0 Å². The van der Waals surface area contributed by atoms with Crippen molar-refractivity contribution >= 4 is 34.0 Å². The molecule has 0 bridgehead atoms. The molecule has 0 amide bonds. The van der Waals surface area contributed by atoms with Gasteiger partial charge in [-0.05, 0) is 34.1 Å². The van der Waals surface area contributed by atoms with Crippen LogP contribution in [0.3, 0.4) is 0 Å². The van der Waals surface area contributed by atoms with Crippen LogP contribution in [0.2, 0.25) is 0 Å². The number of nitrogens with one attached hydrogen (secondary N) is 1. The molecular weight excluding hydrogens is 362 g/mol. The lowest BCUT2D eigenvalue weighted by Gasteiger charge is -2.13. The van der Waals surface area contributed by atoms with Crippen LogP contribution in [-0.4, -0.2) is 57.2 Å². The predicted octanol–water partition coefficient (Wildman–Crippen LogP) is 0.796. The Labute approximate surface area is 146 Å². The number of carbonyl (C=O) groups is 2. The summed E-state index contributed by atoms with van der Waals surface area (Å²) in [7, 11) is -3.65.